The standard InChI is InChI=1S/C7H12N2OS/c1-4-7(10-11)9-5-6(2)8-3/h4-5,8,11H,1H2,2-3H3/b6-5+,9-7?. The Morgan fingerprint density at radius 1 is 1.73 bits per heavy atom. The van der Waals surface area contributed by atoms with Crippen molar-refractivity contribution in [3.63, 3.8) is 0 Å². The molecule has 0 aromatic rings. The van der Waals surface area contributed by atoms with Crippen LogP contribution in [0.25, 0.3) is 0 Å². The minimum absolute atomic E-state index is 0.378. The van der Waals surface area contributed by atoms with Crippen LogP contribution in [-0.2, 0) is 4.18 Å². The van der Waals surface area contributed by atoms with Crippen molar-refractivity contribution < 1.29 is 4.18 Å². The lowest BCUT2D eigenvalue weighted by Gasteiger charge is -1.96. The fourth-order valence-electron chi connectivity index (χ4n) is 0.339. The molecule has 0 rings (SSSR count). The van der Waals surface area contributed by atoms with Crippen molar-refractivity contribution in [3.8, 4) is 0 Å². The first-order valence-electron chi connectivity index (χ1n) is 3.10. The third-order valence-electron chi connectivity index (χ3n) is 1.05. The Bertz CT molecular complexity index is 187. The Hall–Kier alpha value is -0.900. The summed E-state index contributed by atoms with van der Waals surface area (Å²) in [5, 5.41) is 2.91. The molecule has 3 nitrogen and oxygen atoms in total. The van der Waals surface area contributed by atoms with E-state index in [4.69, 9.17) is 0 Å². The molecule has 0 aliphatic heterocycles. The fourth-order valence-corrected chi connectivity index (χ4v) is 0.460. The molecule has 0 aromatic heterocycles. The van der Waals surface area contributed by atoms with Crippen molar-refractivity contribution in [3.05, 3.63) is 24.6 Å². The molecule has 62 valence electrons. The highest BCUT2D eigenvalue weighted by Crippen LogP contribution is 1.91. The van der Waals surface area contributed by atoms with Crippen LogP contribution in [0.4, 0.5) is 0 Å². The van der Waals surface area contributed by atoms with Gasteiger partial charge in [0.15, 0.2) is 0 Å². The molecule has 0 saturated heterocycles. The van der Waals surface area contributed by atoms with Crippen LogP contribution in [0.5, 0.6) is 0 Å². The molecule has 0 aliphatic carbocycles. The van der Waals surface area contributed by atoms with Gasteiger partial charge in [0, 0.05) is 31.9 Å². The Morgan fingerprint density at radius 3 is 2.73 bits per heavy atom. The van der Waals surface area contributed by atoms with Gasteiger partial charge in [0.1, 0.15) is 0 Å². The maximum Gasteiger partial charge on any atom is 0.226 e. The molecular formula is C7H12N2OS. The van der Waals surface area contributed by atoms with Crippen molar-refractivity contribution in [2.75, 3.05) is 7.05 Å². The van der Waals surface area contributed by atoms with Crippen molar-refractivity contribution >= 4 is 18.8 Å². The predicted molar refractivity (Wildman–Crippen MR) is 50.5 cm³/mol. The van der Waals surface area contributed by atoms with E-state index in [1.807, 2.05) is 14.0 Å². The third-order valence-corrected chi connectivity index (χ3v) is 1.23. The maximum absolute atomic E-state index is 4.55. The number of nitrogens with zero attached hydrogens (tertiary/aromatic N) is 1. The fraction of sp³-hybridized carbons (Fsp3) is 0.286. The van der Waals surface area contributed by atoms with Crippen molar-refractivity contribution in [2.45, 2.75) is 6.92 Å². The lowest BCUT2D eigenvalue weighted by molar-refractivity contribution is 0.663. The van der Waals surface area contributed by atoms with Crippen molar-refractivity contribution in [1.29, 1.82) is 0 Å². The van der Waals surface area contributed by atoms with E-state index in [-0.39, 0.29) is 0 Å². The molecular weight excluding hydrogens is 160 g/mol. The predicted octanol–water partition coefficient (Wildman–Crippen LogP) is 1.51. The van der Waals surface area contributed by atoms with E-state index in [1.165, 1.54) is 6.08 Å². The number of thiol groups is 1. The Labute approximate surface area is 72.5 Å². The summed E-state index contributed by atoms with van der Waals surface area (Å²) in [6.07, 6.45) is 3.11. The number of nitrogens with one attached hydrogen (secondary N) is 1. The molecule has 0 atom stereocenters. The van der Waals surface area contributed by atoms with E-state index < -0.39 is 0 Å². The van der Waals surface area contributed by atoms with Gasteiger partial charge in [-0.3, -0.25) is 0 Å². The van der Waals surface area contributed by atoms with Gasteiger partial charge in [-0.25, -0.2) is 4.99 Å². The van der Waals surface area contributed by atoms with E-state index in [2.05, 4.69) is 34.0 Å². The summed E-state index contributed by atoms with van der Waals surface area (Å²) in [4.78, 5) is 3.91. The smallest absolute Gasteiger partial charge is 0.226 e. The molecule has 0 fully saturated rings. The maximum atomic E-state index is 4.55. The molecule has 4 heteroatoms. The van der Waals surface area contributed by atoms with E-state index >= 15 is 0 Å². The van der Waals surface area contributed by atoms with Crippen LogP contribution >= 0.6 is 12.9 Å². The second-order valence-corrected chi connectivity index (χ2v) is 2.01. The normalized spacial score (nSPS) is 12.6. The van der Waals surface area contributed by atoms with Gasteiger partial charge in [0.2, 0.25) is 5.90 Å². The topological polar surface area (TPSA) is 33.6 Å². The van der Waals surface area contributed by atoms with Crippen LogP contribution < -0.4 is 5.32 Å². The first-order chi connectivity index (χ1) is 5.24. The Kier molecular flexibility index (Phi) is 5.37. The van der Waals surface area contributed by atoms with Gasteiger partial charge >= 0.3 is 0 Å². The highest BCUT2D eigenvalue weighted by atomic mass is 32.1. The molecule has 0 amide bonds. The minimum atomic E-state index is 0.378. The number of rotatable bonds is 3. The van der Waals surface area contributed by atoms with Gasteiger partial charge in [0.25, 0.3) is 0 Å². The highest BCUT2D eigenvalue weighted by Gasteiger charge is 1.86. The van der Waals surface area contributed by atoms with Crippen molar-refractivity contribution in [2.24, 2.45) is 4.99 Å². The van der Waals surface area contributed by atoms with Gasteiger partial charge in [-0.15, -0.1) is 0 Å². The van der Waals surface area contributed by atoms with E-state index in [9.17, 15) is 0 Å². The SMILES string of the molecule is C=CC(=N/C=C(\C)NC)OS. The van der Waals surface area contributed by atoms with E-state index in [0.29, 0.717) is 5.90 Å². The van der Waals surface area contributed by atoms with Crippen LogP contribution in [0.1, 0.15) is 6.92 Å². The van der Waals surface area contributed by atoms with Crippen LogP contribution in [0, 0.1) is 0 Å². The summed E-state index contributed by atoms with van der Waals surface area (Å²) >= 11 is 3.58. The zero-order valence-corrected chi connectivity index (χ0v) is 7.56. The zero-order valence-electron chi connectivity index (χ0n) is 6.66. The molecule has 11 heavy (non-hydrogen) atoms. The van der Waals surface area contributed by atoms with Gasteiger partial charge < -0.3 is 9.50 Å². The lowest BCUT2D eigenvalue weighted by Crippen LogP contribution is -2.01. The molecule has 0 unspecified atom stereocenters. The largest absolute Gasteiger partial charge is 0.409 e. The van der Waals surface area contributed by atoms with Crippen LogP contribution in [0.3, 0.4) is 0 Å². The Morgan fingerprint density at radius 2 is 2.36 bits per heavy atom. The molecule has 0 saturated carbocycles. The summed E-state index contributed by atoms with van der Waals surface area (Å²) < 4.78 is 4.55. The molecule has 0 spiro atoms. The molecule has 0 bridgehead atoms. The first kappa shape index (κ1) is 10.1. The molecule has 0 aliphatic rings. The zero-order chi connectivity index (χ0) is 8.69. The third kappa shape index (κ3) is 4.50. The molecule has 0 radical (unpaired) electrons. The van der Waals surface area contributed by atoms with Gasteiger partial charge in [-0.05, 0) is 13.0 Å². The van der Waals surface area contributed by atoms with Crippen LogP contribution in [0.15, 0.2) is 29.5 Å². The van der Waals surface area contributed by atoms with Gasteiger partial charge in [0.05, 0.1) is 0 Å². The van der Waals surface area contributed by atoms with Crippen LogP contribution in [0.2, 0.25) is 0 Å². The van der Waals surface area contributed by atoms with Gasteiger partial charge in [-0.1, -0.05) is 6.58 Å². The quantitative estimate of drug-likeness (QED) is 0.293. The first-order valence-corrected chi connectivity index (χ1v) is 3.47. The summed E-state index contributed by atoms with van der Waals surface area (Å²) in [6.45, 7) is 5.37. The lowest BCUT2D eigenvalue weighted by atomic mass is 10.5. The van der Waals surface area contributed by atoms with Gasteiger partial charge in [-0.2, -0.15) is 0 Å². The molecule has 1 N–H and O–H groups in total. The monoisotopic (exact) mass is 172 g/mol. The van der Waals surface area contributed by atoms with Crippen LogP contribution in [-0.4, -0.2) is 12.9 Å². The van der Waals surface area contributed by atoms with Crippen molar-refractivity contribution in [1.82, 2.24) is 5.32 Å². The summed E-state index contributed by atoms with van der Waals surface area (Å²) in [5.74, 6) is 0.378. The average molecular weight is 172 g/mol. The molecule has 0 aromatic carbocycles. The second-order valence-electron chi connectivity index (χ2n) is 1.82. The second kappa shape index (κ2) is 5.85. The number of aliphatic imine (C=N–C) groups is 1. The minimum Gasteiger partial charge on any atom is -0.409 e. The Balaban J connectivity index is 4.17. The van der Waals surface area contributed by atoms with E-state index in [0.717, 1.165) is 5.70 Å². The molecule has 0 heterocycles. The summed E-state index contributed by atoms with van der Waals surface area (Å²) in [6, 6.07) is 0. The summed E-state index contributed by atoms with van der Waals surface area (Å²) in [5.41, 5.74) is 0.940. The number of allylic oxidation sites excluding steroid dienone is 1. The number of hydrogen-bond acceptors (Lipinski definition) is 4. The summed E-state index contributed by atoms with van der Waals surface area (Å²) in [7, 11) is 1.82. The van der Waals surface area contributed by atoms with E-state index in [1.54, 1.807) is 6.20 Å². The average Bonchev–Trinajstić information content (AvgIpc) is 2.06. The highest BCUT2D eigenvalue weighted by molar-refractivity contribution is 7.75. The number of hydrogen-bond donors (Lipinski definition) is 2.